The maximum atomic E-state index is 12.8. The zero-order valence-electron chi connectivity index (χ0n) is 11.5. The number of halogens is 3. The molecule has 22 heavy (non-hydrogen) atoms. The number of amides is 2. The summed E-state index contributed by atoms with van der Waals surface area (Å²) in [6.45, 7) is 2.92. The predicted octanol–water partition coefficient (Wildman–Crippen LogP) is 2.28. The minimum atomic E-state index is -4.73. The van der Waals surface area contributed by atoms with Crippen molar-refractivity contribution in [3.63, 3.8) is 0 Å². The Morgan fingerprint density at radius 2 is 1.91 bits per heavy atom. The Hall–Kier alpha value is -2.71. The van der Waals surface area contributed by atoms with Crippen molar-refractivity contribution in [1.82, 2.24) is 15.5 Å². The summed E-state index contributed by atoms with van der Waals surface area (Å²) >= 11 is 0. The van der Waals surface area contributed by atoms with Crippen molar-refractivity contribution in [1.29, 1.82) is 0 Å². The van der Waals surface area contributed by atoms with Crippen molar-refractivity contribution in [2.45, 2.75) is 20.0 Å². The summed E-state index contributed by atoms with van der Waals surface area (Å²) in [5.74, 6) is -1.94. The number of aryl methyl sites for hydroxylation is 2. The molecular weight excluding hydrogens is 303 g/mol. The first-order chi connectivity index (χ1) is 10.2. The van der Waals surface area contributed by atoms with E-state index in [9.17, 15) is 22.8 Å². The van der Waals surface area contributed by atoms with Crippen molar-refractivity contribution in [3.05, 3.63) is 46.6 Å². The Morgan fingerprint density at radius 3 is 2.45 bits per heavy atom. The molecule has 0 aliphatic carbocycles. The van der Waals surface area contributed by atoms with Crippen LogP contribution in [-0.2, 0) is 6.18 Å². The van der Waals surface area contributed by atoms with Gasteiger partial charge >= 0.3 is 6.18 Å². The molecule has 2 heterocycles. The van der Waals surface area contributed by atoms with Gasteiger partial charge in [-0.1, -0.05) is 5.16 Å². The Labute approximate surface area is 122 Å². The molecular formula is C13H10F3N3O3. The Kier molecular flexibility index (Phi) is 3.98. The summed E-state index contributed by atoms with van der Waals surface area (Å²) in [4.78, 5) is 27.4. The fourth-order valence-corrected chi connectivity index (χ4v) is 1.86. The van der Waals surface area contributed by atoms with Crippen molar-refractivity contribution < 1.29 is 27.3 Å². The van der Waals surface area contributed by atoms with Crippen LogP contribution in [-0.4, -0.2) is 22.0 Å². The van der Waals surface area contributed by atoms with E-state index < -0.39 is 29.1 Å². The first-order valence-corrected chi connectivity index (χ1v) is 6.01. The van der Waals surface area contributed by atoms with Gasteiger partial charge in [-0.2, -0.15) is 13.2 Å². The maximum absolute atomic E-state index is 12.8. The van der Waals surface area contributed by atoms with E-state index in [2.05, 4.69) is 10.1 Å². The van der Waals surface area contributed by atoms with Gasteiger partial charge in [0.15, 0.2) is 0 Å². The Bertz CT molecular complexity index is 718. The van der Waals surface area contributed by atoms with Crippen LogP contribution in [0.1, 0.15) is 37.7 Å². The first kappa shape index (κ1) is 15.7. The highest BCUT2D eigenvalue weighted by molar-refractivity contribution is 6.11. The van der Waals surface area contributed by atoms with Crippen LogP contribution in [0.4, 0.5) is 13.2 Å². The topological polar surface area (TPSA) is 85.1 Å². The van der Waals surface area contributed by atoms with Crippen LogP contribution in [0.15, 0.2) is 23.0 Å². The number of aromatic nitrogens is 2. The van der Waals surface area contributed by atoms with E-state index in [0.29, 0.717) is 6.07 Å². The van der Waals surface area contributed by atoms with Gasteiger partial charge in [0, 0.05) is 12.4 Å². The number of carbonyl (C=O) groups is 2. The summed E-state index contributed by atoms with van der Waals surface area (Å²) in [6.07, 6.45) is -3.07. The largest absolute Gasteiger partial charge is 0.417 e. The van der Waals surface area contributed by atoms with Crippen molar-refractivity contribution in [2.75, 3.05) is 0 Å². The smallest absolute Gasteiger partial charge is 0.361 e. The molecule has 6 nitrogen and oxygen atoms in total. The number of nitrogens with zero attached hydrogens (tertiary/aromatic N) is 2. The molecule has 0 unspecified atom stereocenters. The molecule has 0 radical (unpaired) electrons. The predicted molar refractivity (Wildman–Crippen MR) is 67.0 cm³/mol. The second-order valence-corrected chi connectivity index (χ2v) is 4.40. The van der Waals surface area contributed by atoms with Crippen LogP contribution in [0, 0.1) is 13.8 Å². The zero-order chi connectivity index (χ0) is 16.5. The lowest BCUT2D eigenvalue weighted by atomic mass is 10.1. The molecule has 0 spiro atoms. The minimum Gasteiger partial charge on any atom is -0.361 e. The summed E-state index contributed by atoms with van der Waals surface area (Å²) in [5, 5.41) is 5.41. The fourth-order valence-electron chi connectivity index (χ4n) is 1.86. The van der Waals surface area contributed by atoms with Crippen LogP contribution in [0.3, 0.4) is 0 Å². The number of nitrogens with one attached hydrogen (secondary N) is 1. The summed E-state index contributed by atoms with van der Waals surface area (Å²) in [5.41, 5.74) is -1.68. The lowest BCUT2D eigenvalue weighted by molar-refractivity contribution is -0.138. The van der Waals surface area contributed by atoms with Crippen molar-refractivity contribution in [3.8, 4) is 0 Å². The third kappa shape index (κ3) is 2.97. The molecule has 0 fully saturated rings. The molecule has 0 saturated heterocycles. The molecule has 0 aliphatic heterocycles. The average molecular weight is 313 g/mol. The summed E-state index contributed by atoms with van der Waals surface area (Å²) in [7, 11) is 0. The quantitative estimate of drug-likeness (QED) is 0.860. The Balaban J connectivity index is 2.29. The lowest BCUT2D eigenvalue weighted by Crippen LogP contribution is -2.32. The number of carbonyl (C=O) groups excluding carboxylic acids is 2. The number of hydrogen-bond donors (Lipinski definition) is 1. The highest BCUT2D eigenvalue weighted by atomic mass is 19.4. The van der Waals surface area contributed by atoms with Gasteiger partial charge in [0.1, 0.15) is 11.3 Å². The van der Waals surface area contributed by atoms with Gasteiger partial charge in [0.05, 0.1) is 16.8 Å². The molecule has 0 aromatic carbocycles. The van der Waals surface area contributed by atoms with Gasteiger partial charge < -0.3 is 4.52 Å². The minimum absolute atomic E-state index is 0.00537. The molecule has 0 atom stereocenters. The first-order valence-electron chi connectivity index (χ1n) is 6.01. The number of alkyl halides is 3. The van der Waals surface area contributed by atoms with E-state index in [1.807, 2.05) is 5.32 Å². The number of hydrogen-bond acceptors (Lipinski definition) is 5. The highest BCUT2D eigenvalue weighted by Gasteiger charge is 2.35. The summed E-state index contributed by atoms with van der Waals surface area (Å²) < 4.78 is 43.3. The lowest BCUT2D eigenvalue weighted by Gasteiger charge is -2.11. The summed E-state index contributed by atoms with van der Waals surface area (Å²) in [6, 6.07) is 0.662. The van der Waals surface area contributed by atoms with Gasteiger partial charge in [-0.05, 0) is 19.9 Å². The molecule has 116 valence electrons. The molecule has 9 heteroatoms. The Morgan fingerprint density at radius 1 is 1.23 bits per heavy atom. The average Bonchev–Trinajstić information content (AvgIpc) is 2.77. The monoisotopic (exact) mass is 313 g/mol. The fraction of sp³-hybridized carbons (Fsp3) is 0.231. The molecule has 2 aromatic rings. The third-order valence-corrected chi connectivity index (χ3v) is 2.86. The molecule has 1 N–H and O–H groups in total. The van der Waals surface area contributed by atoms with E-state index in [1.54, 1.807) is 0 Å². The molecule has 0 aliphatic rings. The normalized spacial score (nSPS) is 11.3. The van der Waals surface area contributed by atoms with Crippen LogP contribution in [0.2, 0.25) is 0 Å². The van der Waals surface area contributed by atoms with Gasteiger partial charge in [-0.15, -0.1) is 0 Å². The molecule has 2 aromatic heterocycles. The second-order valence-electron chi connectivity index (χ2n) is 4.40. The van der Waals surface area contributed by atoms with E-state index >= 15 is 0 Å². The zero-order valence-corrected chi connectivity index (χ0v) is 11.5. The highest BCUT2D eigenvalue weighted by Crippen LogP contribution is 2.31. The van der Waals surface area contributed by atoms with Gasteiger partial charge in [0.25, 0.3) is 11.8 Å². The molecule has 0 saturated carbocycles. The van der Waals surface area contributed by atoms with Crippen LogP contribution < -0.4 is 5.32 Å². The molecule has 0 bridgehead atoms. The number of pyridine rings is 1. The molecule has 2 amide bonds. The van der Waals surface area contributed by atoms with Crippen LogP contribution >= 0.6 is 0 Å². The molecule has 2 rings (SSSR count). The number of rotatable bonds is 2. The maximum Gasteiger partial charge on any atom is 0.417 e. The van der Waals surface area contributed by atoms with Crippen LogP contribution in [0.25, 0.3) is 0 Å². The van der Waals surface area contributed by atoms with Crippen molar-refractivity contribution in [2.24, 2.45) is 0 Å². The van der Waals surface area contributed by atoms with Gasteiger partial charge in [0.2, 0.25) is 0 Å². The van der Waals surface area contributed by atoms with Gasteiger partial charge in [-0.25, -0.2) is 0 Å². The standard InChI is InChI=1S/C13H10F3N3O3/c1-6-10(7(2)22-19-6)12(21)18-11(20)8-5-17-4-3-9(8)13(14,15)16/h3-5H,1-2H3,(H,18,20,21). The van der Waals surface area contributed by atoms with E-state index in [-0.39, 0.29) is 17.0 Å². The number of imide groups is 1. The van der Waals surface area contributed by atoms with Crippen molar-refractivity contribution >= 4 is 11.8 Å². The SMILES string of the molecule is Cc1noc(C)c1C(=O)NC(=O)c1cnccc1C(F)(F)F. The van der Waals surface area contributed by atoms with E-state index in [0.717, 1.165) is 12.4 Å². The second kappa shape index (κ2) is 5.58. The van der Waals surface area contributed by atoms with E-state index in [4.69, 9.17) is 4.52 Å². The van der Waals surface area contributed by atoms with Crippen LogP contribution in [0.5, 0.6) is 0 Å². The third-order valence-electron chi connectivity index (χ3n) is 2.86. The van der Waals surface area contributed by atoms with Gasteiger partial charge in [-0.3, -0.25) is 19.9 Å². The van der Waals surface area contributed by atoms with E-state index in [1.165, 1.54) is 13.8 Å².